The van der Waals surface area contributed by atoms with Crippen LogP contribution in [0.4, 0.5) is 10.1 Å². The molecule has 14 rings (SSSR count). The monoisotopic (exact) mass is 2000 g/mol. The third-order valence-corrected chi connectivity index (χ3v) is 25.1. The number of halogens is 1. The number of hydrogen-bond acceptors (Lipinski definition) is 11. The van der Waals surface area contributed by atoms with Crippen LogP contribution < -0.4 is 38.1 Å². The van der Waals surface area contributed by atoms with Crippen molar-refractivity contribution in [1.29, 1.82) is 0 Å². The molecule has 0 bridgehead atoms. The zero-order chi connectivity index (χ0) is 109. The summed E-state index contributed by atoms with van der Waals surface area (Å²) in [6.07, 6.45) is 2.10. The van der Waals surface area contributed by atoms with Crippen LogP contribution in [0.15, 0.2) is 320 Å². The van der Waals surface area contributed by atoms with E-state index in [1.807, 2.05) is 99.6 Å². The Morgan fingerprint density at radius 3 is 1.04 bits per heavy atom. The largest absolute Gasteiger partial charge is 0.497 e. The number of hydrogen-bond donors (Lipinski definition) is 0. The van der Waals surface area contributed by atoms with Gasteiger partial charge in [0.15, 0.2) is 34.6 Å². The van der Waals surface area contributed by atoms with Gasteiger partial charge in [-0.05, 0) is 290 Å². The highest BCUT2D eigenvalue weighted by atomic mass is 32.2. The van der Waals surface area contributed by atoms with E-state index in [1.165, 1.54) is 118 Å². The average Bonchev–Trinajstić information content (AvgIpc) is 0.826. The van der Waals surface area contributed by atoms with Crippen molar-refractivity contribution in [2.45, 2.75) is 270 Å². The van der Waals surface area contributed by atoms with Crippen molar-refractivity contribution in [3.8, 4) is 51.4 Å². The first kappa shape index (κ1) is 128. The summed E-state index contributed by atoms with van der Waals surface area (Å²) in [5.74, 6) is 11.7. The van der Waals surface area contributed by atoms with Crippen molar-refractivity contribution >= 4 is 34.2 Å². The van der Waals surface area contributed by atoms with Gasteiger partial charge < -0.3 is 42.8 Å². The van der Waals surface area contributed by atoms with Gasteiger partial charge in [0.1, 0.15) is 11.5 Å². The molecule has 0 aliphatic heterocycles. The second-order valence-electron chi connectivity index (χ2n) is 39.9. The first-order valence-electron chi connectivity index (χ1n) is 51.9. The quantitative estimate of drug-likeness (QED) is 0.0428. The SMILES string of the molecule is CC(C)c1ccc(-c2ccccc2)cc1.CC(C)c1ccc(N(C)C)cc1.CC(C)c1cccc2ccccc12.CC(C)c1ccccc1.CCOC(=O)c1ccc(C(C)C)cc1.COc1cc(C(C)C)cc(C)c1OC.COc1ccc(C(C)C)cc1.COc1ccc(C(C)C)cc1C.COc1ccc(C(C)C)cc1F.COc1ccc(C(C)C)cc1OC.CSc1ccc(C(C)C)cc1.Cc1cccc(C(C)C)c1. The molecule has 12 heteroatoms. The van der Waals surface area contributed by atoms with Crippen molar-refractivity contribution in [3.05, 3.63) is 410 Å². The van der Waals surface area contributed by atoms with Gasteiger partial charge in [0.05, 0.1) is 61.9 Å². The lowest BCUT2D eigenvalue weighted by Gasteiger charge is -2.14. The number of ether oxygens (including phenoxy) is 8. The summed E-state index contributed by atoms with van der Waals surface area (Å²) in [6, 6.07) is 108. The van der Waals surface area contributed by atoms with Crippen LogP contribution in [0.3, 0.4) is 0 Å². The maximum absolute atomic E-state index is 13.1. The summed E-state index contributed by atoms with van der Waals surface area (Å²) in [6.45, 7) is 60.8. The van der Waals surface area contributed by atoms with Crippen LogP contribution in [0.2, 0.25) is 0 Å². The van der Waals surface area contributed by atoms with E-state index in [9.17, 15) is 9.18 Å². The van der Waals surface area contributed by atoms with Crippen LogP contribution in [0.1, 0.15) is 338 Å². The molecule has 10 nitrogen and oxygen atoms in total. The van der Waals surface area contributed by atoms with Crippen LogP contribution in [-0.4, -0.2) is 82.7 Å². The summed E-state index contributed by atoms with van der Waals surface area (Å²) in [5, 5.41) is 2.73. The zero-order valence-electron chi connectivity index (χ0n) is 96.1. The number of esters is 1. The van der Waals surface area contributed by atoms with Crippen molar-refractivity contribution < 1.29 is 47.1 Å². The zero-order valence-corrected chi connectivity index (χ0v) is 96.9. The van der Waals surface area contributed by atoms with E-state index in [0.717, 1.165) is 45.6 Å². The highest BCUT2D eigenvalue weighted by molar-refractivity contribution is 7.98. The number of anilines is 1. The first-order valence-corrected chi connectivity index (χ1v) is 53.1. The molecule has 0 heterocycles. The lowest BCUT2D eigenvalue weighted by molar-refractivity contribution is 0.0526. The Morgan fingerprint density at radius 2 is 0.644 bits per heavy atom. The molecule has 0 aliphatic rings. The third kappa shape index (κ3) is 46.9. The number of carbonyl (C=O) groups is 1. The number of rotatable bonds is 24. The Bertz CT molecular complexity index is 5740. The molecule has 0 saturated heterocycles. The topological polar surface area (TPSA) is 94.2 Å². The fourth-order valence-electron chi connectivity index (χ4n) is 14.7. The van der Waals surface area contributed by atoms with Crippen LogP contribution in [0.25, 0.3) is 21.9 Å². The van der Waals surface area contributed by atoms with Crippen molar-refractivity contribution in [2.24, 2.45) is 0 Å². The minimum absolute atomic E-state index is 0.247. The maximum atomic E-state index is 13.1. The summed E-state index contributed by atoms with van der Waals surface area (Å²) in [5.41, 5.74) is 24.1. The Hall–Kier alpha value is -12.5. The Morgan fingerprint density at radius 1 is 0.295 bits per heavy atom. The Balaban J connectivity index is 0.000000410. The molecule has 0 spiro atoms. The van der Waals surface area contributed by atoms with E-state index in [2.05, 4.69) is 416 Å². The lowest BCUT2D eigenvalue weighted by Crippen LogP contribution is -2.08. The molecular weight excluding hydrogens is 1820 g/mol. The summed E-state index contributed by atoms with van der Waals surface area (Å²) >= 11 is 1.79. The number of methoxy groups -OCH3 is 7. The molecule has 0 atom stereocenters. The van der Waals surface area contributed by atoms with Crippen LogP contribution in [0.5, 0.6) is 40.2 Å². The summed E-state index contributed by atoms with van der Waals surface area (Å²) in [7, 11) is 15.6. The van der Waals surface area contributed by atoms with Gasteiger partial charge in [-0.15, -0.1) is 11.8 Å². The first-order chi connectivity index (χ1) is 69.4. The van der Waals surface area contributed by atoms with Crippen LogP contribution in [-0.2, 0) is 4.74 Å². The smallest absolute Gasteiger partial charge is 0.338 e. The van der Waals surface area contributed by atoms with Crippen molar-refractivity contribution in [2.75, 3.05) is 81.6 Å². The minimum Gasteiger partial charge on any atom is -0.497 e. The van der Waals surface area contributed by atoms with Gasteiger partial charge in [-0.25, -0.2) is 9.18 Å². The van der Waals surface area contributed by atoms with E-state index in [-0.39, 0.29) is 11.8 Å². The van der Waals surface area contributed by atoms with Gasteiger partial charge in [-0.1, -0.05) is 402 Å². The second kappa shape index (κ2) is 69.5. The Kier molecular flexibility index (Phi) is 60.8. The number of aryl methyl sites for hydroxylation is 3. The molecule has 0 unspecified atom stereocenters. The lowest BCUT2D eigenvalue weighted by atomic mass is 9.96. The number of thioether (sulfide) groups is 1. The van der Waals surface area contributed by atoms with Gasteiger partial charge in [0, 0.05) is 24.7 Å². The van der Waals surface area contributed by atoms with E-state index >= 15 is 0 Å². The average molecular weight is 2000 g/mol. The van der Waals surface area contributed by atoms with E-state index < -0.39 is 0 Å². The molecular formula is C134H180FNO9S. The molecule has 0 radical (unpaired) electrons. The second-order valence-corrected chi connectivity index (χ2v) is 40.8. The standard InChI is InChI=1S/C15H16.C13H14.C12H18O2.C12H16O2.C11H17N.C11H16O2.C11H16O.C10H13FO.C10H14O.C10H14S.C10H14.C9H12/c1-12(2)13-8-10-15(11-9-13)14-6-4-3-5-7-14;1-10(2)12-9-5-7-11-6-3-4-8-13(11)12;1-8(2)10-6-9(3)12(14-5)11(7-10)13-4;1-4-14-12(13)11-7-5-10(6-8-11)9(2)3;1-9(2)10-5-7-11(8-6-10)12(3)4;1-8(2)9-5-6-10(12-3)11(7-9)13-4;1-8(2)10-5-6-11(12-4)9(3)7-10;1-7(2)8-4-5-10(12-3)9(11)6-8;2*1-8(2)9-4-6-10(11-3)7-5-9;1-8(2)10-6-4-5-9(3)7-10;1-8(2)9-6-4-3-5-7-9/h3-12H,1-2H3;3-10H,1-2H3;6-8H,1-5H3;5-9H,4H2,1-3H3;5-9H,1-4H3;5-8H,1-4H3;5-8H,1-4H3;4-7H,1-3H3;2*4-8H,1-3H3;4-8H,1-3H3;3-8H,1-2H3. The molecule has 0 fully saturated rings. The molecule has 0 amide bonds. The normalized spacial score (nSPS) is 10.4. The Labute approximate surface area is 888 Å². The molecule has 788 valence electrons. The fraction of sp³-hybridized carbons (Fsp3) is 0.381. The van der Waals surface area contributed by atoms with Gasteiger partial charge >= 0.3 is 5.97 Å². The van der Waals surface area contributed by atoms with Gasteiger partial charge in [0.2, 0.25) is 0 Å². The highest BCUT2D eigenvalue weighted by Crippen LogP contribution is 2.36. The molecule has 0 aliphatic carbocycles. The number of fused-ring (bicyclic) bond motifs is 1. The summed E-state index contributed by atoms with van der Waals surface area (Å²) in [4.78, 5) is 14.8. The van der Waals surface area contributed by atoms with Crippen molar-refractivity contribution in [3.63, 3.8) is 0 Å². The predicted molar refractivity (Wildman–Crippen MR) is 631 cm³/mol. The number of benzene rings is 14. The summed E-state index contributed by atoms with van der Waals surface area (Å²) < 4.78 is 53.9. The molecule has 0 saturated carbocycles. The molecule has 14 aromatic carbocycles. The van der Waals surface area contributed by atoms with E-state index in [1.54, 1.807) is 67.4 Å². The van der Waals surface area contributed by atoms with Crippen LogP contribution >= 0.6 is 11.8 Å². The molecule has 0 N–H and O–H groups in total. The molecule has 14 aromatic rings. The maximum Gasteiger partial charge on any atom is 0.338 e. The minimum atomic E-state index is -0.288. The van der Waals surface area contributed by atoms with E-state index in [4.69, 9.17) is 37.9 Å². The third-order valence-electron chi connectivity index (χ3n) is 24.4. The van der Waals surface area contributed by atoms with E-state index in [0.29, 0.717) is 88.9 Å². The number of carbonyl (C=O) groups excluding carboxylic acids is 1. The van der Waals surface area contributed by atoms with Gasteiger partial charge in [0.25, 0.3) is 0 Å². The predicted octanol–water partition coefficient (Wildman–Crippen LogP) is 38.6. The molecule has 146 heavy (non-hydrogen) atoms. The van der Waals surface area contributed by atoms with Gasteiger partial charge in [-0.2, -0.15) is 0 Å². The fourth-order valence-corrected chi connectivity index (χ4v) is 15.1. The van der Waals surface area contributed by atoms with Crippen LogP contribution in [0, 0.1) is 26.6 Å². The molecule has 0 aromatic heterocycles. The van der Waals surface area contributed by atoms with Gasteiger partial charge in [-0.3, -0.25) is 0 Å². The van der Waals surface area contributed by atoms with Crippen molar-refractivity contribution in [1.82, 2.24) is 0 Å². The highest BCUT2D eigenvalue weighted by Gasteiger charge is 2.15. The number of nitrogens with zero attached hydrogens (tertiary/aromatic N) is 1.